The van der Waals surface area contributed by atoms with Crippen molar-refractivity contribution in [1.82, 2.24) is 14.5 Å². The molecule has 1 fully saturated rings. The molecule has 0 bridgehead atoms. The maximum atomic E-state index is 12.8. The largest absolute Gasteiger partial charge is 0.343 e. The van der Waals surface area contributed by atoms with Gasteiger partial charge in [-0.2, -0.15) is 0 Å². The Kier molecular flexibility index (Phi) is 4.37. The third-order valence-electron chi connectivity index (χ3n) is 5.40. The zero-order chi connectivity index (χ0) is 16.4. The Morgan fingerprint density at radius 3 is 2.58 bits per heavy atom. The van der Waals surface area contributed by atoms with Gasteiger partial charge < -0.3 is 9.47 Å². The van der Waals surface area contributed by atoms with Crippen LogP contribution in [0.15, 0.2) is 36.5 Å². The molecule has 2 aliphatic heterocycles. The topological polar surface area (TPSA) is 38.1 Å². The van der Waals surface area contributed by atoms with Crippen LogP contribution in [0.1, 0.15) is 55.1 Å². The van der Waals surface area contributed by atoms with Gasteiger partial charge in [-0.05, 0) is 31.2 Å². The van der Waals surface area contributed by atoms with E-state index in [0.29, 0.717) is 6.42 Å². The summed E-state index contributed by atoms with van der Waals surface area (Å²) < 4.78 is 2.36. The van der Waals surface area contributed by atoms with Crippen molar-refractivity contribution >= 4 is 5.91 Å². The zero-order valence-electron chi connectivity index (χ0n) is 14.2. The molecule has 2 aromatic rings. The number of benzene rings is 1. The van der Waals surface area contributed by atoms with Crippen LogP contribution in [0.2, 0.25) is 0 Å². The van der Waals surface area contributed by atoms with Crippen LogP contribution in [0, 0.1) is 0 Å². The van der Waals surface area contributed by atoms with Gasteiger partial charge in [-0.15, -0.1) is 0 Å². The molecule has 0 radical (unpaired) electrons. The van der Waals surface area contributed by atoms with E-state index in [-0.39, 0.29) is 11.8 Å². The van der Waals surface area contributed by atoms with Crippen LogP contribution in [0.25, 0.3) is 0 Å². The van der Waals surface area contributed by atoms with Gasteiger partial charge >= 0.3 is 0 Å². The lowest BCUT2D eigenvalue weighted by Crippen LogP contribution is -2.29. The van der Waals surface area contributed by atoms with E-state index in [0.717, 1.165) is 38.9 Å². The number of likely N-dealkylation sites (tertiary alicyclic amines) is 1. The molecule has 1 aromatic heterocycles. The number of aryl methyl sites for hydroxylation is 1. The van der Waals surface area contributed by atoms with Crippen molar-refractivity contribution in [3.8, 4) is 0 Å². The summed E-state index contributed by atoms with van der Waals surface area (Å²) >= 11 is 0. The molecular formula is C20H25N3O. The maximum absolute atomic E-state index is 12.8. The van der Waals surface area contributed by atoms with Gasteiger partial charge in [-0.25, -0.2) is 4.98 Å². The highest BCUT2D eigenvalue weighted by molar-refractivity contribution is 5.78. The van der Waals surface area contributed by atoms with E-state index in [2.05, 4.69) is 33.8 Å². The molecule has 0 aliphatic carbocycles. The second-order valence-electron chi connectivity index (χ2n) is 6.96. The highest BCUT2D eigenvalue weighted by Crippen LogP contribution is 2.31. The third-order valence-corrected chi connectivity index (χ3v) is 5.40. The first-order chi connectivity index (χ1) is 11.8. The minimum atomic E-state index is 0.110. The van der Waals surface area contributed by atoms with E-state index >= 15 is 0 Å². The van der Waals surface area contributed by atoms with Gasteiger partial charge in [0.2, 0.25) is 5.91 Å². The Labute approximate surface area is 143 Å². The summed E-state index contributed by atoms with van der Waals surface area (Å²) in [5, 5.41) is 0. The van der Waals surface area contributed by atoms with Crippen LogP contribution in [0.3, 0.4) is 0 Å². The Hall–Kier alpha value is -2.10. The number of aromatic nitrogens is 2. The number of carbonyl (C=O) groups excluding carboxylic acids is 1. The number of nitrogens with zero attached hydrogens (tertiary/aromatic N) is 3. The smallest absolute Gasteiger partial charge is 0.223 e. The SMILES string of the molecule is O=C(C[C@H](c1ccccc1)c1cnc2n1CCCC2)N1CCCC1. The van der Waals surface area contributed by atoms with Crippen LogP contribution in [-0.4, -0.2) is 33.4 Å². The average molecular weight is 323 g/mol. The summed E-state index contributed by atoms with van der Waals surface area (Å²) in [7, 11) is 0. The molecule has 1 amide bonds. The average Bonchev–Trinajstić information content (AvgIpc) is 3.30. The number of rotatable bonds is 4. The molecule has 4 heteroatoms. The monoisotopic (exact) mass is 323 g/mol. The Morgan fingerprint density at radius 1 is 1.04 bits per heavy atom. The Morgan fingerprint density at radius 2 is 1.79 bits per heavy atom. The van der Waals surface area contributed by atoms with Crippen molar-refractivity contribution in [2.45, 2.75) is 51.0 Å². The van der Waals surface area contributed by atoms with E-state index in [9.17, 15) is 4.79 Å². The second-order valence-corrected chi connectivity index (χ2v) is 6.96. The highest BCUT2D eigenvalue weighted by Gasteiger charge is 2.27. The second kappa shape index (κ2) is 6.80. The summed E-state index contributed by atoms with van der Waals surface area (Å²) in [6, 6.07) is 10.5. The first-order valence-electron chi connectivity index (χ1n) is 9.20. The first kappa shape index (κ1) is 15.4. The van der Waals surface area contributed by atoms with Crippen LogP contribution in [0.4, 0.5) is 0 Å². The van der Waals surface area contributed by atoms with Crippen molar-refractivity contribution in [1.29, 1.82) is 0 Å². The molecule has 24 heavy (non-hydrogen) atoms. The van der Waals surface area contributed by atoms with Crippen LogP contribution in [-0.2, 0) is 17.8 Å². The van der Waals surface area contributed by atoms with Crippen molar-refractivity contribution in [3.63, 3.8) is 0 Å². The van der Waals surface area contributed by atoms with Crippen molar-refractivity contribution < 1.29 is 4.79 Å². The molecule has 4 rings (SSSR count). The fourth-order valence-electron chi connectivity index (χ4n) is 4.07. The quantitative estimate of drug-likeness (QED) is 0.865. The summed E-state index contributed by atoms with van der Waals surface area (Å²) in [4.78, 5) is 19.5. The molecule has 126 valence electrons. The lowest BCUT2D eigenvalue weighted by atomic mass is 9.91. The fourth-order valence-corrected chi connectivity index (χ4v) is 4.07. The minimum Gasteiger partial charge on any atom is -0.343 e. The number of amides is 1. The summed E-state index contributed by atoms with van der Waals surface area (Å²) in [6.45, 7) is 2.88. The Balaban J connectivity index is 1.66. The molecule has 4 nitrogen and oxygen atoms in total. The van der Waals surface area contributed by atoms with Crippen LogP contribution in [0.5, 0.6) is 0 Å². The summed E-state index contributed by atoms with van der Waals surface area (Å²) in [5.74, 6) is 1.58. The van der Waals surface area contributed by atoms with Gasteiger partial charge in [0.15, 0.2) is 0 Å². The van der Waals surface area contributed by atoms with Gasteiger partial charge in [-0.1, -0.05) is 30.3 Å². The normalized spacial score (nSPS) is 18.4. The van der Waals surface area contributed by atoms with E-state index < -0.39 is 0 Å². The maximum Gasteiger partial charge on any atom is 0.223 e. The molecule has 1 atom stereocenters. The van der Waals surface area contributed by atoms with E-state index in [1.807, 2.05) is 17.2 Å². The van der Waals surface area contributed by atoms with Crippen LogP contribution < -0.4 is 0 Å². The van der Waals surface area contributed by atoms with E-state index in [1.165, 1.54) is 29.9 Å². The van der Waals surface area contributed by atoms with Gasteiger partial charge in [0.05, 0.1) is 0 Å². The molecule has 2 aliphatic rings. The summed E-state index contributed by atoms with van der Waals surface area (Å²) in [6.07, 6.45) is 8.33. The molecule has 3 heterocycles. The number of hydrogen-bond donors (Lipinski definition) is 0. The molecule has 1 aromatic carbocycles. The van der Waals surface area contributed by atoms with Gasteiger partial charge in [0, 0.05) is 50.3 Å². The molecular weight excluding hydrogens is 298 g/mol. The molecule has 1 saturated heterocycles. The number of fused-ring (bicyclic) bond motifs is 1. The standard InChI is InChI=1S/C20H25N3O/c24-20(22-11-6-7-12-22)14-17(16-8-2-1-3-9-16)18-15-21-19-10-4-5-13-23(18)19/h1-3,8-9,15,17H,4-7,10-14H2/t17-/m1/s1. The number of imidazole rings is 1. The number of carbonyl (C=O) groups is 1. The lowest BCUT2D eigenvalue weighted by molar-refractivity contribution is -0.130. The third kappa shape index (κ3) is 2.97. The van der Waals surface area contributed by atoms with E-state index in [4.69, 9.17) is 0 Å². The molecule has 0 N–H and O–H groups in total. The van der Waals surface area contributed by atoms with Crippen molar-refractivity contribution in [2.24, 2.45) is 0 Å². The predicted molar refractivity (Wildman–Crippen MR) is 93.9 cm³/mol. The van der Waals surface area contributed by atoms with Crippen LogP contribution >= 0.6 is 0 Å². The first-order valence-corrected chi connectivity index (χ1v) is 9.20. The summed E-state index contributed by atoms with van der Waals surface area (Å²) in [5.41, 5.74) is 2.43. The Bertz CT molecular complexity index is 701. The minimum absolute atomic E-state index is 0.110. The zero-order valence-corrected chi connectivity index (χ0v) is 14.2. The highest BCUT2D eigenvalue weighted by atomic mass is 16.2. The fraction of sp³-hybridized carbons (Fsp3) is 0.500. The number of hydrogen-bond acceptors (Lipinski definition) is 2. The van der Waals surface area contributed by atoms with Gasteiger partial charge in [-0.3, -0.25) is 4.79 Å². The molecule has 0 saturated carbocycles. The van der Waals surface area contributed by atoms with Gasteiger partial charge in [0.1, 0.15) is 5.82 Å². The van der Waals surface area contributed by atoms with Crippen molar-refractivity contribution in [2.75, 3.05) is 13.1 Å². The molecule has 0 spiro atoms. The lowest BCUT2D eigenvalue weighted by Gasteiger charge is -2.24. The van der Waals surface area contributed by atoms with Gasteiger partial charge in [0.25, 0.3) is 0 Å². The predicted octanol–water partition coefficient (Wildman–Crippen LogP) is 3.36. The van der Waals surface area contributed by atoms with Crippen molar-refractivity contribution in [3.05, 3.63) is 53.6 Å². The van der Waals surface area contributed by atoms with E-state index in [1.54, 1.807) is 0 Å². The molecule has 0 unspecified atom stereocenters.